The molecule has 0 spiro atoms. The van der Waals surface area contributed by atoms with Gasteiger partial charge in [0.1, 0.15) is 5.76 Å². The number of carbonyl (C=O) groups excluding carboxylic acids is 1. The fourth-order valence-electron chi connectivity index (χ4n) is 2.72. The van der Waals surface area contributed by atoms with Crippen molar-refractivity contribution in [2.45, 2.75) is 13.5 Å². The van der Waals surface area contributed by atoms with Gasteiger partial charge in [-0.3, -0.25) is 9.69 Å². The molecule has 0 N–H and O–H groups in total. The molecule has 4 rings (SSSR count). The lowest BCUT2D eigenvalue weighted by Gasteiger charge is -2.13. The number of carbonyl (C=O) groups is 1. The van der Waals surface area contributed by atoms with E-state index in [0.29, 0.717) is 16.6 Å². The van der Waals surface area contributed by atoms with Gasteiger partial charge in [0.25, 0.3) is 5.91 Å². The van der Waals surface area contributed by atoms with Gasteiger partial charge in [-0.2, -0.15) is 0 Å². The molecule has 134 valence electrons. The van der Waals surface area contributed by atoms with Crippen LogP contribution in [0, 0.1) is 6.92 Å². The fourth-order valence-corrected chi connectivity index (χ4v) is 3.71. The van der Waals surface area contributed by atoms with Crippen LogP contribution in [-0.4, -0.2) is 16.0 Å². The number of benzene rings is 2. The highest BCUT2D eigenvalue weighted by atomic mass is 32.2. The Hall–Kier alpha value is -3.05. The van der Waals surface area contributed by atoms with Crippen LogP contribution >= 0.6 is 11.8 Å². The summed E-state index contributed by atoms with van der Waals surface area (Å²) >= 11 is 1.39. The standard InChI is InChI=1S/C22H18N2O2S/c1-16-9-11-17(12-10-16)14-20-21(25)24(15-19-8-5-13-26-19)22(27-20)23-18-6-3-2-4-7-18/h2-14H,15H2,1H3/b20-14-,23-22?. The van der Waals surface area contributed by atoms with Crippen LogP contribution in [0.3, 0.4) is 0 Å². The Bertz CT molecular complexity index is 991. The van der Waals surface area contributed by atoms with Crippen molar-refractivity contribution in [3.05, 3.63) is 94.8 Å². The van der Waals surface area contributed by atoms with Gasteiger partial charge in [0.05, 0.1) is 23.4 Å². The lowest BCUT2D eigenvalue weighted by Crippen LogP contribution is -2.28. The van der Waals surface area contributed by atoms with E-state index in [1.165, 1.54) is 17.3 Å². The summed E-state index contributed by atoms with van der Waals surface area (Å²) in [6.07, 6.45) is 3.52. The van der Waals surface area contributed by atoms with Gasteiger partial charge in [-0.1, -0.05) is 48.0 Å². The molecule has 1 amide bonds. The van der Waals surface area contributed by atoms with Gasteiger partial charge in [0.15, 0.2) is 5.17 Å². The number of hydrogen-bond donors (Lipinski definition) is 0. The number of thioether (sulfide) groups is 1. The van der Waals surface area contributed by atoms with Crippen molar-refractivity contribution in [2.75, 3.05) is 0 Å². The molecule has 2 heterocycles. The maximum atomic E-state index is 13.0. The summed E-state index contributed by atoms with van der Waals surface area (Å²) in [5.74, 6) is 0.660. The molecule has 3 aromatic rings. The average Bonchev–Trinajstić information content (AvgIpc) is 3.29. The third-order valence-electron chi connectivity index (χ3n) is 4.14. The van der Waals surface area contributed by atoms with E-state index < -0.39 is 0 Å². The summed E-state index contributed by atoms with van der Waals surface area (Å²) in [7, 11) is 0. The van der Waals surface area contributed by atoms with E-state index in [1.807, 2.05) is 79.7 Å². The van der Waals surface area contributed by atoms with Crippen molar-refractivity contribution in [1.82, 2.24) is 4.90 Å². The predicted octanol–water partition coefficient (Wildman–Crippen LogP) is 5.39. The van der Waals surface area contributed by atoms with Crippen LogP contribution in [0.5, 0.6) is 0 Å². The maximum Gasteiger partial charge on any atom is 0.267 e. The van der Waals surface area contributed by atoms with Crippen molar-refractivity contribution < 1.29 is 9.21 Å². The molecule has 0 radical (unpaired) electrons. The third-order valence-corrected chi connectivity index (χ3v) is 5.14. The van der Waals surface area contributed by atoms with Crippen LogP contribution in [0.2, 0.25) is 0 Å². The quantitative estimate of drug-likeness (QED) is 0.575. The van der Waals surface area contributed by atoms with Gasteiger partial charge in [0.2, 0.25) is 0 Å². The van der Waals surface area contributed by atoms with Crippen molar-refractivity contribution in [3.8, 4) is 0 Å². The Morgan fingerprint density at radius 1 is 1.04 bits per heavy atom. The van der Waals surface area contributed by atoms with E-state index in [2.05, 4.69) is 4.99 Å². The predicted molar refractivity (Wildman–Crippen MR) is 110 cm³/mol. The minimum absolute atomic E-state index is 0.0633. The van der Waals surface area contributed by atoms with Gasteiger partial charge in [-0.05, 0) is 54.6 Å². The van der Waals surface area contributed by atoms with Gasteiger partial charge in [-0.15, -0.1) is 0 Å². The second-order valence-electron chi connectivity index (χ2n) is 6.22. The highest BCUT2D eigenvalue weighted by Gasteiger charge is 2.34. The molecule has 1 aliphatic heterocycles. The molecule has 4 nitrogen and oxygen atoms in total. The van der Waals surface area contributed by atoms with Crippen LogP contribution < -0.4 is 0 Å². The molecule has 0 saturated carbocycles. The van der Waals surface area contributed by atoms with Gasteiger partial charge < -0.3 is 4.42 Å². The first-order valence-corrected chi connectivity index (χ1v) is 9.45. The molecular weight excluding hydrogens is 356 g/mol. The molecule has 1 saturated heterocycles. The van der Waals surface area contributed by atoms with E-state index in [0.717, 1.165) is 17.0 Å². The minimum Gasteiger partial charge on any atom is -0.467 e. The first-order valence-electron chi connectivity index (χ1n) is 8.63. The van der Waals surface area contributed by atoms with Crippen molar-refractivity contribution >= 4 is 34.6 Å². The zero-order valence-corrected chi connectivity index (χ0v) is 15.6. The summed E-state index contributed by atoms with van der Waals surface area (Å²) in [5.41, 5.74) is 3.00. The maximum absolute atomic E-state index is 13.0. The molecular formula is C22H18N2O2S. The number of amidine groups is 1. The number of nitrogens with zero attached hydrogens (tertiary/aromatic N) is 2. The number of amides is 1. The zero-order valence-electron chi connectivity index (χ0n) is 14.8. The van der Waals surface area contributed by atoms with E-state index in [1.54, 1.807) is 11.2 Å². The molecule has 1 aromatic heterocycles. The summed E-state index contributed by atoms with van der Waals surface area (Å²) in [5, 5.41) is 0.654. The van der Waals surface area contributed by atoms with Crippen LogP contribution in [0.15, 0.2) is 87.3 Å². The van der Waals surface area contributed by atoms with Gasteiger partial charge in [-0.25, -0.2) is 4.99 Å². The molecule has 1 aliphatic rings. The van der Waals surface area contributed by atoms with Crippen LogP contribution in [-0.2, 0) is 11.3 Å². The second-order valence-corrected chi connectivity index (χ2v) is 7.23. The topological polar surface area (TPSA) is 45.8 Å². The Morgan fingerprint density at radius 2 is 1.81 bits per heavy atom. The highest BCUT2D eigenvalue weighted by molar-refractivity contribution is 8.18. The monoisotopic (exact) mass is 374 g/mol. The van der Waals surface area contributed by atoms with E-state index >= 15 is 0 Å². The molecule has 5 heteroatoms. The van der Waals surface area contributed by atoms with Gasteiger partial charge in [0, 0.05) is 0 Å². The van der Waals surface area contributed by atoms with Gasteiger partial charge >= 0.3 is 0 Å². The summed E-state index contributed by atoms with van der Waals surface area (Å²) in [4.78, 5) is 20.0. The number of hydrogen-bond acceptors (Lipinski definition) is 4. The normalized spacial score (nSPS) is 17.2. The summed E-state index contributed by atoms with van der Waals surface area (Å²) in [6, 6.07) is 21.4. The van der Waals surface area contributed by atoms with Crippen molar-refractivity contribution in [2.24, 2.45) is 4.99 Å². The smallest absolute Gasteiger partial charge is 0.267 e. The average molecular weight is 374 g/mol. The van der Waals surface area contributed by atoms with E-state index in [4.69, 9.17) is 4.42 Å². The zero-order chi connectivity index (χ0) is 18.6. The number of para-hydroxylation sites is 1. The number of furan rings is 1. The SMILES string of the molecule is Cc1ccc(/C=C2\SC(=Nc3ccccc3)N(Cc3ccco3)C2=O)cc1. The number of rotatable bonds is 4. The highest BCUT2D eigenvalue weighted by Crippen LogP contribution is 2.35. The first-order chi connectivity index (χ1) is 13.2. The number of aliphatic imine (C=N–C) groups is 1. The molecule has 0 atom stereocenters. The van der Waals surface area contributed by atoms with Crippen molar-refractivity contribution in [1.29, 1.82) is 0 Å². The molecule has 0 aliphatic carbocycles. The van der Waals surface area contributed by atoms with Crippen molar-refractivity contribution in [3.63, 3.8) is 0 Å². The Morgan fingerprint density at radius 3 is 2.52 bits per heavy atom. The molecule has 0 unspecified atom stereocenters. The largest absolute Gasteiger partial charge is 0.467 e. The first kappa shape index (κ1) is 17.4. The summed E-state index contributed by atoms with van der Waals surface area (Å²) < 4.78 is 5.43. The fraction of sp³-hybridized carbons (Fsp3) is 0.0909. The Balaban J connectivity index is 1.68. The molecule has 2 aromatic carbocycles. The Kier molecular flexibility index (Phi) is 4.94. The molecule has 1 fully saturated rings. The van der Waals surface area contributed by atoms with Crippen LogP contribution in [0.25, 0.3) is 6.08 Å². The van der Waals surface area contributed by atoms with E-state index in [-0.39, 0.29) is 5.91 Å². The lowest BCUT2D eigenvalue weighted by atomic mass is 10.1. The third kappa shape index (κ3) is 4.04. The Labute approximate surface area is 162 Å². The minimum atomic E-state index is -0.0633. The number of aryl methyl sites for hydroxylation is 1. The summed E-state index contributed by atoms with van der Waals surface area (Å²) in [6.45, 7) is 2.40. The van der Waals surface area contributed by atoms with Crippen LogP contribution in [0.1, 0.15) is 16.9 Å². The lowest BCUT2D eigenvalue weighted by molar-refractivity contribution is -0.122. The van der Waals surface area contributed by atoms with E-state index in [9.17, 15) is 4.79 Å². The molecule has 27 heavy (non-hydrogen) atoms. The second kappa shape index (κ2) is 7.68. The van der Waals surface area contributed by atoms with Crippen LogP contribution in [0.4, 0.5) is 5.69 Å². The molecule has 0 bridgehead atoms.